The molecule has 4 N–H and O–H groups in total. The molecule has 8 heteroatoms. The van der Waals surface area contributed by atoms with Crippen LogP contribution in [0.1, 0.15) is 0 Å². The maximum atomic E-state index is 9.63. The van der Waals surface area contributed by atoms with Crippen molar-refractivity contribution in [3.63, 3.8) is 0 Å². The van der Waals surface area contributed by atoms with Crippen molar-refractivity contribution >= 4 is 34.9 Å². The van der Waals surface area contributed by atoms with E-state index in [1.807, 2.05) is 17.5 Å². The van der Waals surface area contributed by atoms with Gasteiger partial charge in [-0.2, -0.15) is 0 Å². The fourth-order valence-electron chi connectivity index (χ4n) is 0.415. The van der Waals surface area contributed by atoms with Crippen molar-refractivity contribution in [1.29, 1.82) is 0 Å². The molecule has 0 aliphatic carbocycles. The molecule has 0 fully saturated rings. The fraction of sp³-hybridized carbons (Fsp3) is 0. The van der Waals surface area contributed by atoms with E-state index in [4.69, 9.17) is 16.0 Å². The van der Waals surface area contributed by atoms with Gasteiger partial charge in [-0.3, -0.25) is 0 Å². The van der Waals surface area contributed by atoms with Crippen molar-refractivity contribution in [3.8, 4) is 0 Å². The lowest BCUT2D eigenvalue weighted by atomic mass is 10.6. The number of carboxylic acid groups (broad SMARTS) is 1. The summed E-state index contributed by atoms with van der Waals surface area (Å²) in [4.78, 5) is 13.6. The Labute approximate surface area is 89.1 Å². The Hall–Kier alpha value is -2.09. The van der Waals surface area contributed by atoms with E-state index in [1.54, 1.807) is 11.3 Å². The highest BCUT2D eigenvalue weighted by molar-refractivity contribution is 7.13. The van der Waals surface area contributed by atoms with Gasteiger partial charge < -0.3 is 20.9 Å². The summed E-state index contributed by atoms with van der Waals surface area (Å²) < 4.78 is 0. The van der Waals surface area contributed by atoms with Crippen molar-refractivity contribution in [2.24, 2.45) is 10.3 Å². The lowest BCUT2D eigenvalue weighted by Gasteiger charge is -1.80. The molecule has 0 aliphatic heterocycles. The summed E-state index contributed by atoms with van der Waals surface area (Å²) in [6, 6.07) is 3.81. The molecule has 7 nitrogen and oxygen atoms in total. The summed E-state index contributed by atoms with van der Waals surface area (Å²) in [6.07, 6.45) is 1.10. The lowest BCUT2D eigenvalue weighted by molar-refractivity contribution is -0.128. The highest BCUT2D eigenvalue weighted by atomic mass is 32.1. The molecule has 0 aromatic carbocycles. The van der Waals surface area contributed by atoms with Crippen LogP contribution in [0.25, 0.3) is 0 Å². The smallest absolute Gasteiger partial charge is 0.350 e. The normalized spacial score (nSPS) is 9.87. The van der Waals surface area contributed by atoms with Crippen LogP contribution in [-0.4, -0.2) is 28.9 Å². The molecule has 0 atom stereocenters. The molecule has 0 unspecified atom stereocenters. The first kappa shape index (κ1) is 12.9. The van der Waals surface area contributed by atoms with Gasteiger partial charge in [-0.1, -0.05) is 10.3 Å². The predicted molar refractivity (Wildman–Crippen MR) is 56.2 cm³/mol. The van der Waals surface area contributed by atoms with E-state index < -0.39 is 5.97 Å². The second kappa shape index (κ2) is 8.51. The van der Waals surface area contributed by atoms with Crippen molar-refractivity contribution < 1.29 is 19.9 Å². The molecule has 1 rings (SSSR count). The van der Waals surface area contributed by atoms with Gasteiger partial charge in [-0.05, 0) is 17.5 Å². The number of thiophene rings is 1. The zero-order valence-electron chi connectivity index (χ0n) is 7.48. The second-order valence-electron chi connectivity index (χ2n) is 1.91. The molecule has 82 valence electrons. The zero-order chi connectivity index (χ0) is 11.5. The highest BCUT2D eigenvalue weighted by Crippen LogP contribution is 2.07. The Morgan fingerprint density at radius 1 is 1.67 bits per heavy atom. The number of carboxylic acids is 1. The Morgan fingerprint density at radius 3 is 2.73 bits per heavy atom. The molecule has 0 spiro atoms. The maximum Gasteiger partial charge on any atom is 0.350 e. The van der Waals surface area contributed by atoms with Crippen LogP contribution in [0.3, 0.4) is 0 Å². The van der Waals surface area contributed by atoms with E-state index in [1.165, 1.54) is 0 Å². The molecule has 0 radical (unpaired) electrons. The molecule has 1 heterocycles. The molecular formula is C7H9N3O4S. The van der Waals surface area contributed by atoms with Crippen molar-refractivity contribution in [3.05, 3.63) is 17.5 Å². The van der Waals surface area contributed by atoms with Crippen molar-refractivity contribution in [1.82, 2.24) is 0 Å². The van der Waals surface area contributed by atoms with Crippen LogP contribution in [-0.2, 0) is 9.63 Å². The van der Waals surface area contributed by atoms with Crippen LogP contribution in [0.15, 0.2) is 27.8 Å². The summed E-state index contributed by atoms with van der Waals surface area (Å²) in [5.74, 6) is -1.23. The van der Waals surface area contributed by atoms with Crippen molar-refractivity contribution in [2.75, 3.05) is 5.73 Å². The third-order valence-electron chi connectivity index (χ3n) is 0.861. The summed E-state index contributed by atoms with van der Waals surface area (Å²) in [7, 11) is 0. The van der Waals surface area contributed by atoms with Gasteiger partial charge in [0.2, 0.25) is 6.40 Å². The van der Waals surface area contributed by atoms with Gasteiger partial charge in [-0.25, -0.2) is 4.79 Å². The number of nitrogens with two attached hydrogens (primary N) is 1. The molecular weight excluding hydrogens is 222 g/mol. The Balaban J connectivity index is 0.000000280. The number of nitrogen functional groups attached to an aromatic ring is 1. The first-order valence-corrected chi connectivity index (χ1v) is 4.41. The fourth-order valence-corrected chi connectivity index (χ4v) is 0.886. The van der Waals surface area contributed by atoms with Crippen LogP contribution >= 0.6 is 11.3 Å². The van der Waals surface area contributed by atoms with Gasteiger partial charge in [-0.15, -0.1) is 11.3 Å². The van der Waals surface area contributed by atoms with E-state index in [0.29, 0.717) is 12.6 Å². The van der Waals surface area contributed by atoms with Gasteiger partial charge in [0.05, 0.1) is 5.00 Å². The molecule has 0 amide bonds. The number of aliphatic carboxylic acids is 1. The van der Waals surface area contributed by atoms with Gasteiger partial charge in [0, 0.05) is 0 Å². The minimum atomic E-state index is -1.23. The number of carbonyl (C=O) groups is 1. The van der Waals surface area contributed by atoms with E-state index in [9.17, 15) is 4.79 Å². The molecule has 1 aromatic rings. The second-order valence-corrected chi connectivity index (χ2v) is 2.89. The van der Waals surface area contributed by atoms with Gasteiger partial charge in [0.25, 0.3) is 0 Å². The maximum absolute atomic E-state index is 9.63. The van der Waals surface area contributed by atoms with Gasteiger partial charge in [0.15, 0.2) is 6.21 Å². The Morgan fingerprint density at radius 2 is 2.40 bits per heavy atom. The topological polar surface area (TPSA) is 118 Å². The monoisotopic (exact) mass is 231 g/mol. The first-order chi connectivity index (χ1) is 7.16. The molecule has 1 aromatic heterocycles. The average Bonchev–Trinajstić information content (AvgIpc) is 2.65. The summed E-state index contributed by atoms with van der Waals surface area (Å²) >= 11 is 1.56. The third-order valence-corrected chi connectivity index (χ3v) is 1.56. The molecule has 0 aliphatic rings. The minimum absolute atomic E-state index is 0.516. The van der Waals surface area contributed by atoms with E-state index >= 15 is 0 Å². The van der Waals surface area contributed by atoms with Crippen LogP contribution in [0.2, 0.25) is 0 Å². The van der Waals surface area contributed by atoms with Crippen molar-refractivity contribution in [2.45, 2.75) is 0 Å². The van der Waals surface area contributed by atoms with Gasteiger partial charge >= 0.3 is 5.97 Å². The Kier molecular flexibility index (Phi) is 7.32. The standard InChI is InChI=1S/C4H5NS.C3H4N2O4/c5-4-2-1-3-6-4;6-3(7)1-5-9-2-4-8/h1-3H,5H2;1-2,8H,(H,6,7). The quantitative estimate of drug-likeness (QED) is 0.308. The predicted octanol–water partition coefficient (Wildman–Crippen LogP) is 0.821. The summed E-state index contributed by atoms with van der Waals surface area (Å²) in [5, 5.41) is 23.6. The zero-order valence-corrected chi connectivity index (χ0v) is 8.29. The minimum Gasteiger partial charge on any atom is -0.477 e. The number of anilines is 1. The average molecular weight is 231 g/mol. The molecule has 0 saturated heterocycles. The largest absolute Gasteiger partial charge is 0.477 e. The molecule has 0 bridgehead atoms. The van der Waals surface area contributed by atoms with Crippen LogP contribution in [0.5, 0.6) is 0 Å². The number of rotatable bonds is 3. The SMILES string of the molecule is Nc1cccs1.O=C(O)C=NOC=NO. The van der Waals surface area contributed by atoms with E-state index in [0.717, 1.165) is 5.00 Å². The lowest BCUT2D eigenvalue weighted by Crippen LogP contribution is -1.95. The number of hydrogen-bond donors (Lipinski definition) is 3. The summed E-state index contributed by atoms with van der Waals surface area (Å²) in [5.41, 5.74) is 5.30. The number of nitrogens with zero attached hydrogens (tertiary/aromatic N) is 2. The highest BCUT2D eigenvalue weighted by Gasteiger charge is 1.83. The Bertz CT molecular complexity index is 323. The first-order valence-electron chi connectivity index (χ1n) is 3.53. The molecule has 15 heavy (non-hydrogen) atoms. The van der Waals surface area contributed by atoms with Crippen LogP contribution in [0, 0.1) is 0 Å². The van der Waals surface area contributed by atoms with Crippen LogP contribution < -0.4 is 5.73 Å². The van der Waals surface area contributed by atoms with E-state index in [2.05, 4.69) is 15.1 Å². The van der Waals surface area contributed by atoms with E-state index in [-0.39, 0.29) is 0 Å². The third kappa shape index (κ3) is 9.83. The molecule has 0 saturated carbocycles. The number of oxime groups is 2. The number of hydrogen-bond acceptors (Lipinski definition) is 7. The van der Waals surface area contributed by atoms with Gasteiger partial charge in [0.1, 0.15) is 0 Å². The van der Waals surface area contributed by atoms with Crippen LogP contribution in [0.4, 0.5) is 5.00 Å². The summed E-state index contributed by atoms with van der Waals surface area (Å²) in [6.45, 7) is 0.